The number of amides is 1. The minimum atomic E-state index is -0.259. The zero-order valence-corrected chi connectivity index (χ0v) is 15.4. The molecule has 3 aromatic carbocycles. The Balaban J connectivity index is 1.64. The van der Waals surface area contributed by atoms with Gasteiger partial charge in [0.05, 0.1) is 17.8 Å². The van der Waals surface area contributed by atoms with E-state index in [1.807, 2.05) is 61.5 Å². The Labute approximate surface area is 163 Å². The van der Waals surface area contributed by atoms with E-state index in [1.165, 1.54) is 0 Å². The maximum atomic E-state index is 12.2. The van der Waals surface area contributed by atoms with Gasteiger partial charge in [-0.15, -0.1) is 0 Å². The van der Waals surface area contributed by atoms with Gasteiger partial charge in [-0.05, 0) is 48.4 Å². The second kappa shape index (κ2) is 9.15. The van der Waals surface area contributed by atoms with E-state index in [9.17, 15) is 4.79 Å². The van der Waals surface area contributed by atoms with Gasteiger partial charge in [0.2, 0.25) is 0 Å². The molecule has 0 atom stereocenters. The summed E-state index contributed by atoms with van der Waals surface area (Å²) in [6.07, 6.45) is 1.56. The third-order valence-electron chi connectivity index (χ3n) is 4.16. The molecule has 0 heterocycles. The zero-order valence-electron chi connectivity index (χ0n) is 15.4. The van der Waals surface area contributed by atoms with Gasteiger partial charge in [-0.25, -0.2) is 5.43 Å². The minimum Gasteiger partial charge on any atom is -0.488 e. The van der Waals surface area contributed by atoms with Crippen LogP contribution in [0.2, 0.25) is 0 Å². The summed E-state index contributed by atoms with van der Waals surface area (Å²) in [5.41, 5.74) is 6.34. The number of hydrazone groups is 1. The van der Waals surface area contributed by atoms with E-state index in [0.29, 0.717) is 23.5 Å². The van der Waals surface area contributed by atoms with Gasteiger partial charge in [-0.2, -0.15) is 10.4 Å². The van der Waals surface area contributed by atoms with E-state index >= 15 is 0 Å². The Morgan fingerprint density at radius 1 is 1.07 bits per heavy atom. The highest BCUT2D eigenvalue weighted by Crippen LogP contribution is 2.18. The van der Waals surface area contributed by atoms with Crippen molar-refractivity contribution >= 4 is 12.1 Å². The number of carbonyl (C=O) groups is 1. The normalized spacial score (nSPS) is 10.4. The average molecular weight is 369 g/mol. The van der Waals surface area contributed by atoms with Gasteiger partial charge in [0, 0.05) is 11.1 Å². The molecule has 1 N–H and O–H groups in total. The molecule has 0 aliphatic carbocycles. The lowest BCUT2D eigenvalue weighted by Gasteiger charge is -2.09. The third-order valence-corrected chi connectivity index (χ3v) is 4.16. The first-order valence-corrected chi connectivity index (χ1v) is 8.77. The minimum absolute atomic E-state index is 0.259. The summed E-state index contributed by atoms with van der Waals surface area (Å²) >= 11 is 0. The molecule has 0 aromatic heterocycles. The number of hydrogen-bond acceptors (Lipinski definition) is 4. The van der Waals surface area contributed by atoms with Crippen LogP contribution in [0.4, 0.5) is 0 Å². The van der Waals surface area contributed by atoms with Crippen molar-refractivity contribution in [2.24, 2.45) is 5.10 Å². The Kier molecular flexibility index (Phi) is 6.17. The van der Waals surface area contributed by atoms with Crippen LogP contribution in [0, 0.1) is 18.3 Å². The number of rotatable bonds is 6. The summed E-state index contributed by atoms with van der Waals surface area (Å²) in [5, 5.41) is 12.9. The highest BCUT2D eigenvalue weighted by molar-refractivity contribution is 5.96. The van der Waals surface area contributed by atoms with E-state index in [2.05, 4.69) is 16.6 Å². The topological polar surface area (TPSA) is 74.5 Å². The molecule has 0 saturated carbocycles. The van der Waals surface area contributed by atoms with Gasteiger partial charge >= 0.3 is 0 Å². The molecular weight excluding hydrogens is 350 g/mol. The van der Waals surface area contributed by atoms with E-state index in [4.69, 9.17) is 10.00 Å². The van der Waals surface area contributed by atoms with Crippen molar-refractivity contribution < 1.29 is 9.53 Å². The van der Waals surface area contributed by atoms with Crippen molar-refractivity contribution in [1.29, 1.82) is 5.26 Å². The summed E-state index contributed by atoms with van der Waals surface area (Å²) in [5.74, 6) is 0.395. The van der Waals surface area contributed by atoms with Crippen LogP contribution in [-0.4, -0.2) is 12.1 Å². The lowest BCUT2D eigenvalue weighted by atomic mass is 10.1. The number of ether oxygens (including phenoxy) is 1. The summed E-state index contributed by atoms with van der Waals surface area (Å²) in [6, 6.07) is 24.1. The predicted molar refractivity (Wildman–Crippen MR) is 108 cm³/mol. The van der Waals surface area contributed by atoms with E-state index in [1.54, 1.807) is 24.4 Å². The number of nitrogens with zero attached hydrogens (tertiary/aromatic N) is 2. The molecule has 0 saturated heterocycles. The van der Waals surface area contributed by atoms with Gasteiger partial charge in [0.1, 0.15) is 12.4 Å². The number of benzene rings is 3. The quantitative estimate of drug-likeness (QED) is 0.522. The number of nitrogens with one attached hydrogen (secondary N) is 1. The molecule has 0 bridgehead atoms. The molecule has 5 heteroatoms. The summed E-state index contributed by atoms with van der Waals surface area (Å²) < 4.78 is 5.87. The third kappa shape index (κ3) is 4.83. The second-order valence-corrected chi connectivity index (χ2v) is 6.15. The van der Waals surface area contributed by atoms with Crippen molar-refractivity contribution in [1.82, 2.24) is 5.43 Å². The van der Waals surface area contributed by atoms with Crippen LogP contribution in [0.3, 0.4) is 0 Å². The smallest absolute Gasteiger partial charge is 0.271 e. The first-order chi connectivity index (χ1) is 13.7. The van der Waals surface area contributed by atoms with Crippen LogP contribution in [0.15, 0.2) is 77.9 Å². The van der Waals surface area contributed by atoms with Gasteiger partial charge in [0.25, 0.3) is 5.91 Å². The maximum Gasteiger partial charge on any atom is 0.271 e. The summed E-state index contributed by atoms with van der Waals surface area (Å²) in [7, 11) is 0. The van der Waals surface area contributed by atoms with Crippen molar-refractivity contribution in [3.05, 3.63) is 101 Å². The second-order valence-electron chi connectivity index (χ2n) is 6.15. The van der Waals surface area contributed by atoms with Gasteiger partial charge in [-0.1, -0.05) is 42.5 Å². The van der Waals surface area contributed by atoms with Crippen LogP contribution in [-0.2, 0) is 6.61 Å². The lowest BCUT2D eigenvalue weighted by Crippen LogP contribution is -2.18. The molecule has 0 aliphatic rings. The first-order valence-electron chi connectivity index (χ1n) is 8.77. The number of para-hydroxylation sites is 1. The van der Waals surface area contributed by atoms with Crippen LogP contribution >= 0.6 is 0 Å². The van der Waals surface area contributed by atoms with Gasteiger partial charge < -0.3 is 4.74 Å². The van der Waals surface area contributed by atoms with E-state index in [-0.39, 0.29) is 5.91 Å². The van der Waals surface area contributed by atoms with Crippen LogP contribution in [0.1, 0.15) is 32.6 Å². The van der Waals surface area contributed by atoms with Crippen molar-refractivity contribution in [2.45, 2.75) is 13.5 Å². The zero-order chi connectivity index (χ0) is 19.8. The largest absolute Gasteiger partial charge is 0.488 e. The highest BCUT2D eigenvalue weighted by atomic mass is 16.5. The molecule has 5 nitrogen and oxygen atoms in total. The van der Waals surface area contributed by atoms with Crippen LogP contribution < -0.4 is 10.2 Å². The number of aryl methyl sites for hydroxylation is 1. The Hall–Kier alpha value is -3.91. The van der Waals surface area contributed by atoms with E-state index < -0.39 is 0 Å². The molecule has 0 unspecified atom stereocenters. The lowest BCUT2D eigenvalue weighted by molar-refractivity contribution is 0.0954. The molecule has 3 aromatic rings. The number of hydrogen-bond donors (Lipinski definition) is 1. The Morgan fingerprint density at radius 3 is 2.54 bits per heavy atom. The molecule has 0 fully saturated rings. The van der Waals surface area contributed by atoms with Gasteiger partial charge in [-0.3, -0.25) is 4.79 Å². The first kappa shape index (κ1) is 18.9. The molecule has 28 heavy (non-hydrogen) atoms. The molecule has 1 amide bonds. The fourth-order valence-corrected chi connectivity index (χ4v) is 2.60. The predicted octanol–water partition coefficient (Wildman–Crippen LogP) is 4.21. The van der Waals surface area contributed by atoms with Crippen molar-refractivity contribution in [3.8, 4) is 11.8 Å². The molecular formula is C23H19N3O2. The van der Waals surface area contributed by atoms with Crippen molar-refractivity contribution in [2.75, 3.05) is 0 Å². The van der Waals surface area contributed by atoms with E-state index in [0.717, 1.165) is 16.7 Å². The fraction of sp³-hybridized carbons (Fsp3) is 0.0870. The number of nitriles is 1. The SMILES string of the molecule is Cc1ccccc1C(=O)N/N=C/c1ccccc1OCc1ccc(C#N)cc1. The van der Waals surface area contributed by atoms with Crippen molar-refractivity contribution in [3.63, 3.8) is 0 Å². The Morgan fingerprint density at radius 2 is 1.79 bits per heavy atom. The van der Waals surface area contributed by atoms with Gasteiger partial charge in [0.15, 0.2) is 0 Å². The molecule has 0 aliphatic heterocycles. The molecule has 0 radical (unpaired) electrons. The monoisotopic (exact) mass is 369 g/mol. The summed E-state index contributed by atoms with van der Waals surface area (Å²) in [4.78, 5) is 12.2. The molecule has 138 valence electrons. The average Bonchev–Trinajstić information content (AvgIpc) is 2.73. The van der Waals surface area contributed by atoms with Crippen LogP contribution in [0.25, 0.3) is 0 Å². The van der Waals surface area contributed by atoms with Crippen LogP contribution in [0.5, 0.6) is 5.75 Å². The standard InChI is InChI=1S/C23H19N3O2/c1-17-6-2-4-8-21(17)23(27)26-25-15-20-7-3-5-9-22(20)28-16-19-12-10-18(14-24)11-13-19/h2-13,15H,16H2,1H3,(H,26,27)/b25-15+. The highest BCUT2D eigenvalue weighted by Gasteiger charge is 2.07. The maximum absolute atomic E-state index is 12.2. The molecule has 0 spiro atoms. The summed E-state index contributed by atoms with van der Waals surface area (Å²) in [6.45, 7) is 2.25. The fourth-order valence-electron chi connectivity index (χ4n) is 2.60. The number of carbonyl (C=O) groups excluding carboxylic acids is 1. The Bertz CT molecular complexity index is 1030. The molecule has 3 rings (SSSR count).